The predicted molar refractivity (Wildman–Crippen MR) is 62.0 cm³/mol. The topological polar surface area (TPSA) is 61.8 Å². The van der Waals surface area contributed by atoms with Gasteiger partial charge in [0.1, 0.15) is 6.54 Å². The molecule has 1 aliphatic heterocycles. The second kappa shape index (κ2) is 4.44. The first-order valence-corrected chi connectivity index (χ1v) is 5.36. The number of imide groups is 1. The third-order valence-electron chi connectivity index (χ3n) is 2.02. The number of benzene rings is 1. The van der Waals surface area contributed by atoms with E-state index in [1.807, 2.05) is 24.3 Å². The zero-order chi connectivity index (χ0) is 11.5. The van der Waals surface area contributed by atoms with Gasteiger partial charge in [-0.25, -0.2) is 9.80 Å². The van der Waals surface area contributed by atoms with Crippen molar-refractivity contribution in [2.75, 3.05) is 6.54 Å². The number of rotatable bonds is 2. The van der Waals surface area contributed by atoms with Gasteiger partial charge >= 0.3 is 6.03 Å². The summed E-state index contributed by atoms with van der Waals surface area (Å²) in [5.74, 6) is -0.339. The average Bonchev–Trinajstić information content (AvgIpc) is 2.56. The first-order chi connectivity index (χ1) is 7.66. The van der Waals surface area contributed by atoms with E-state index in [1.165, 1.54) is 6.21 Å². The summed E-state index contributed by atoms with van der Waals surface area (Å²) in [6.07, 6.45) is 1.53. The van der Waals surface area contributed by atoms with Crippen molar-refractivity contribution in [3.05, 3.63) is 34.3 Å². The second-order valence-corrected chi connectivity index (χ2v) is 4.03. The van der Waals surface area contributed by atoms with Gasteiger partial charge in [0.15, 0.2) is 0 Å². The Labute approximate surface area is 100 Å². The van der Waals surface area contributed by atoms with Crippen LogP contribution in [0.4, 0.5) is 4.79 Å². The number of halogens is 1. The molecule has 0 radical (unpaired) electrons. The third-order valence-corrected chi connectivity index (χ3v) is 2.74. The van der Waals surface area contributed by atoms with Crippen molar-refractivity contribution in [3.63, 3.8) is 0 Å². The molecule has 1 aromatic carbocycles. The molecule has 1 fully saturated rings. The second-order valence-electron chi connectivity index (χ2n) is 3.18. The van der Waals surface area contributed by atoms with E-state index in [2.05, 4.69) is 26.3 Å². The van der Waals surface area contributed by atoms with Crippen molar-refractivity contribution < 1.29 is 9.59 Å². The fourth-order valence-corrected chi connectivity index (χ4v) is 1.62. The first-order valence-electron chi connectivity index (χ1n) is 4.56. The Morgan fingerprint density at radius 1 is 1.38 bits per heavy atom. The van der Waals surface area contributed by atoms with Crippen LogP contribution in [0.3, 0.4) is 0 Å². The molecule has 1 heterocycles. The smallest absolute Gasteiger partial charge is 0.275 e. The number of hydrazone groups is 1. The van der Waals surface area contributed by atoms with E-state index in [1.54, 1.807) is 0 Å². The third kappa shape index (κ3) is 2.27. The van der Waals surface area contributed by atoms with Crippen molar-refractivity contribution in [3.8, 4) is 0 Å². The summed E-state index contributed by atoms with van der Waals surface area (Å²) in [6, 6.07) is 6.97. The highest BCUT2D eigenvalue weighted by Gasteiger charge is 2.25. The maximum Gasteiger partial charge on any atom is 0.344 e. The minimum absolute atomic E-state index is 0.0280. The quantitative estimate of drug-likeness (QED) is 0.657. The van der Waals surface area contributed by atoms with Crippen molar-refractivity contribution in [1.82, 2.24) is 10.3 Å². The minimum atomic E-state index is -0.492. The number of amides is 3. The van der Waals surface area contributed by atoms with Crippen LogP contribution in [-0.2, 0) is 4.79 Å². The summed E-state index contributed by atoms with van der Waals surface area (Å²) in [4.78, 5) is 22.0. The molecule has 82 valence electrons. The Hall–Kier alpha value is -1.69. The van der Waals surface area contributed by atoms with Crippen LogP contribution < -0.4 is 5.32 Å². The monoisotopic (exact) mass is 281 g/mol. The highest BCUT2D eigenvalue weighted by molar-refractivity contribution is 9.10. The lowest BCUT2D eigenvalue weighted by molar-refractivity contribution is -0.118. The van der Waals surface area contributed by atoms with Crippen LogP contribution in [0.15, 0.2) is 33.8 Å². The number of carbonyl (C=O) groups is 2. The molecule has 0 unspecified atom stereocenters. The van der Waals surface area contributed by atoms with Crippen molar-refractivity contribution >= 4 is 34.1 Å². The van der Waals surface area contributed by atoms with Gasteiger partial charge in [0.2, 0.25) is 5.91 Å². The van der Waals surface area contributed by atoms with Gasteiger partial charge in [0.25, 0.3) is 0 Å². The predicted octanol–water partition coefficient (Wildman–Crippen LogP) is 1.33. The van der Waals surface area contributed by atoms with Gasteiger partial charge in [0, 0.05) is 10.0 Å². The van der Waals surface area contributed by atoms with Crippen LogP contribution >= 0.6 is 15.9 Å². The Morgan fingerprint density at radius 3 is 2.75 bits per heavy atom. The maximum atomic E-state index is 11.2. The molecule has 1 aromatic rings. The maximum absolute atomic E-state index is 11.2. The highest BCUT2D eigenvalue weighted by atomic mass is 79.9. The Kier molecular flexibility index (Phi) is 3.00. The summed E-state index contributed by atoms with van der Waals surface area (Å²) in [6.45, 7) is -0.0280. The lowest BCUT2D eigenvalue weighted by atomic mass is 10.2. The molecule has 0 atom stereocenters. The molecule has 0 saturated carbocycles. The molecule has 1 saturated heterocycles. The lowest BCUT2D eigenvalue weighted by Gasteiger charge is -2.04. The number of carbonyl (C=O) groups excluding carboxylic acids is 2. The molecular formula is C10H8BrN3O2. The first kappa shape index (κ1) is 10.8. The van der Waals surface area contributed by atoms with E-state index in [4.69, 9.17) is 0 Å². The number of nitrogens with one attached hydrogen (secondary N) is 1. The normalized spacial score (nSPS) is 15.9. The van der Waals surface area contributed by atoms with E-state index < -0.39 is 6.03 Å². The van der Waals surface area contributed by atoms with Crippen molar-refractivity contribution in [2.45, 2.75) is 0 Å². The van der Waals surface area contributed by atoms with Gasteiger partial charge in [0.05, 0.1) is 6.21 Å². The van der Waals surface area contributed by atoms with Gasteiger partial charge < -0.3 is 0 Å². The molecule has 0 bridgehead atoms. The number of hydrogen-bond donors (Lipinski definition) is 1. The minimum Gasteiger partial charge on any atom is -0.275 e. The molecule has 6 heteroatoms. The highest BCUT2D eigenvalue weighted by Crippen LogP contribution is 2.13. The van der Waals surface area contributed by atoms with Crippen LogP contribution in [0, 0.1) is 0 Å². The Bertz CT molecular complexity index is 473. The largest absolute Gasteiger partial charge is 0.344 e. The Morgan fingerprint density at radius 2 is 2.12 bits per heavy atom. The van der Waals surface area contributed by atoms with Gasteiger partial charge in [-0.15, -0.1) is 0 Å². The molecule has 5 nitrogen and oxygen atoms in total. The summed E-state index contributed by atoms with van der Waals surface area (Å²) < 4.78 is 0.879. The lowest BCUT2D eigenvalue weighted by Crippen LogP contribution is -2.24. The summed E-state index contributed by atoms with van der Waals surface area (Å²) in [7, 11) is 0. The zero-order valence-electron chi connectivity index (χ0n) is 8.18. The molecular weight excluding hydrogens is 274 g/mol. The molecule has 0 aliphatic carbocycles. The zero-order valence-corrected chi connectivity index (χ0v) is 9.77. The summed E-state index contributed by atoms with van der Waals surface area (Å²) in [5, 5.41) is 7.16. The summed E-state index contributed by atoms with van der Waals surface area (Å²) in [5.41, 5.74) is 0.842. The molecule has 16 heavy (non-hydrogen) atoms. The molecule has 0 spiro atoms. The SMILES string of the molecule is O=C1CN(/N=C/c2ccccc2Br)C(=O)N1. The molecule has 2 rings (SSSR count). The molecule has 3 amide bonds. The van der Waals surface area contributed by atoms with Crippen LogP contribution in [-0.4, -0.2) is 29.7 Å². The average molecular weight is 282 g/mol. The van der Waals surface area contributed by atoms with Crippen LogP contribution in [0.25, 0.3) is 0 Å². The van der Waals surface area contributed by atoms with Crippen LogP contribution in [0.2, 0.25) is 0 Å². The molecule has 0 aromatic heterocycles. The number of nitrogens with zero attached hydrogens (tertiary/aromatic N) is 2. The van der Waals surface area contributed by atoms with Crippen LogP contribution in [0.5, 0.6) is 0 Å². The number of hydrogen-bond acceptors (Lipinski definition) is 3. The van der Waals surface area contributed by atoms with Gasteiger partial charge in [-0.1, -0.05) is 34.1 Å². The van der Waals surface area contributed by atoms with E-state index in [9.17, 15) is 9.59 Å². The molecule has 1 N–H and O–H groups in total. The van der Waals surface area contributed by atoms with Gasteiger partial charge in [-0.2, -0.15) is 5.10 Å². The van der Waals surface area contributed by atoms with Crippen LogP contribution in [0.1, 0.15) is 5.56 Å². The standard InChI is InChI=1S/C10H8BrN3O2/c11-8-4-2-1-3-7(8)5-12-14-6-9(15)13-10(14)16/h1-5H,6H2,(H,13,15,16)/b12-5+. The Balaban J connectivity index is 2.13. The van der Waals surface area contributed by atoms with E-state index in [-0.39, 0.29) is 12.5 Å². The van der Waals surface area contributed by atoms with Crippen molar-refractivity contribution in [1.29, 1.82) is 0 Å². The number of urea groups is 1. The van der Waals surface area contributed by atoms with Gasteiger partial charge in [-0.3, -0.25) is 10.1 Å². The molecule has 1 aliphatic rings. The van der Waals surface area contributed by atoms with E-state index >= 15 is 0 Å². The van der Waals surface area contributed by atoms with E-state index in [0.717, 1.165) is 15.0 Å². The van der Waals surface area contributed by atoms with Gasteiger partial charge in [-0.05, 0) is 6.07 Å². The van der Waals surface area contributed by atoms with Crippen molar-refractivity contribution in [2.24, 2.45) is 5.10 Å². The van der Waals surface area contributed by atoms with E-state index in [0.29, 0.717) is 0 Å². The summed E-state index contributed by atoms with van der Waals surface area (Å²) >= 11 is 3.36. The fourth-order valence-electron chi connectivity index (χ4n) is 1.24. The fraction of sp³-hybridized carbons (Fsp3) is 0.100.